The number of nitrogens with one attached hydrogen (secondary N) is 1. The van der Waals surface area contributed by atoms with Crippen molar-refractivity contribution in [3.63, 3.8) is 0 Å². The second-order valence-corrected chi connectivity index (χ2v) is 3.93. The van der Waals surface area contributed by atoms with Crippen LogP contribution in [0.2, 0.25) is 0 Å². The van der Waals surface area contributed by atoms with E-state index >= 15 is 0 Å². The first-order valence-corrected chi connectivity index (χ1v) is 5.65. The van der Waals surface area contributed by atoms with Crippen LogP contribution in [0.1, 0.15) is 31.4 Å². The number of aliphatic hydroxyl groups is 1. The van der Waals surface area contributed by atoms with Gasteiger partial charge in [-0.15, -0.1) is 0 Å². The van der Waals surface area contributed by atoms with Crippen molar-refractivity contribution >= 4 is 17.6 Å². The molecule has 0 saturated carbocycles. The molecule has 18 heavy (non-hydrogen) atoms. The summed E-state index contributed by atoms with van der Waals surface area (Å²) >= 11 is 0. The van der Waals surface area contributed by atoms with Gasteiger partial charge in [0.25, 0.3) is 0 Å². The number of carbonyl (C=O) groups excluding carboxylic acids is 2. The molecule has 0 radical (unpaired) electrons. The summed E-state index contributed by atoms with van der Waals surface area (Å²) in [4.78, 5) is 21.8. The molecule has 1 atom stereocenters. The zero-order valence-electron chi connectivity index (χ0n) is 10.5. The van der Waals surface area contributed by atoms with Gasteiger partial charge in [0.15, 0.2) is 0 Å². The Labute approximate surface area is 106 Å². The molecule has 2 N–H and O–H groups in total. The molecular formula is C13H17NO4. The van der Waals surface area contributed by atoms with E-state index in [1.807, 2.05) is 0 Å². The number of benzene rings is 1. The van der Waals surface area contributed by atoms with Crippen molar-refractivity contribution in [3.05, 3.63) is 29.8 Å². The number of methoxy groups -OCH3 is 1. The number of carbonyl (C=O) groups is 2. The van der Waals surface area contributed by atoms with E-state index < -0.39 is 6.10 Å². The van der Waals surface area contributed by atoms with Gasteiger partial charge in [-0.25, -0.2) is 0 Å². The highest BCUT2D eigenvalue weighted by atomic mass is 16.5. The van der Waals surface area contributed by atoms with Gasteiger partial charge >= 0.3 is 5.97 Å². The van der Waals surface area contributed by atoms with E-state index in [2.05, 4.69) is 10.1 Å². The van der Waals surface area contributed by atoms with Crippen LogP contribution in [0.25, 0.3) is 0 Å². The van der Waals surface area contributed by atoms with Crippen LogP contribution in [0.3, 0.4) is 0 Å². The molecule has 0 bridgehead atoms. The summed E-state index contributed by atoms with van der Waals surface area (Å²) in [6.07, 6.45) is -0.229. The Bertz CT molecular complexity index is 414. The molecule has 0 fully saturated rings. The van der Waals surface area contributed by atoms with Gasteiger partial charge in [-0.3, -0.25) is 9.59 Å². The number of esters is 1. The van der Waals surface area contributed by atoms with E-state index in [0.717, 1.165) is 0 Å². The van der Waals surface area contributed by atoms with E-state index in [1.54, 1.807) is 24.3 Å². The smallest absolute Gasteiger partial charge is 0.305 e. The SMILES string of the molecule is COC(=O)CCC(O)c1ccc(NC(C)=O)cc1. The summed E-state index contributed by atoms with van der Waals surface area (Å²) < 4.78 is 4.50. The van der Waals surface area contributed by atoms with E-state index in [9.17, 15) is 14.7 Å². The third-order valence-corrected chi connectivity index (χ3v) is 2.47. The van der Waals surface area contributed by atoms with Gasteiger partial charge in [0.1, 0.15) is 0 Å². The van der Waals surface area contributed by atoms with Gasteiger partial charge in [0.05, 0.1) is 13.2 Å². The molecular weight excluding hydrogens is 234 g/mol. The van der Waals surface area contributed by atoms with Crippen LogP contribution in [0.15, 0.2) is 24.3 Å². The predicted octanol–water partition coefficient (Wildman–Crippen LogP) is 1.63. The Hall–Kier alpha value is -1.88. The van der Waals surface area contributed by atoms with Gasteiger partial charge in [0.2, 0.25) is 5.91 Å². The van der Waals surface area contributed by atoms with Gasteiger partial charge < -0.3 is 15.2 Å². The fourth-order valence-electron chi connectivity index (χ4n) is 1.52. The fraction of sp³-hybridized carbons (Fsp3) is 0.385. The molecule has 98 valence electrons. The van der Waals surface area contributed by atoms with Gasteiger partial charge in [-0.1, -0.05) is 12.1 Å². The molecule has 0 aliphatic carbocycles. The molecule has 0 aromatic heterocycles. The van der Waals surface area contributed by atoms with Crippen LogP contribution < -0.4 is 5.32 Å². The highest BCUT2D eigenvalue weighted by Crippen LogP contribution is 2.20. The quantitative estimate of drug-likeness (QED) is 0.780. The highest BCUT2D eigenvalue weighted by molar-refractivity contribution is 5.88. The van der Waals surface area contributed by atoms with Crippen molar-refractivity contribution < 1.29 is 19.4 Å². The molecule has 0 saturated heterocycles. The summed E-state index contributed by atoms with van der Waals surface area (Å²) in [6, 6.07) is 6.84. The maximum Gasteiger partial charge on any atom is 0.305 e. The normalized spacial score (nSPS) is 11.7. The predicted molar refractivity (Wildman–Crippen MR) is 67.0 cm³/mol. The van der Waals surface area contributed by atoms with Crippen molar-refractivity contribution in [2.24, 2.45) is 0 Å². The molecule has 0 aliphatic heterocycles. The average Bonchev–Trinajstić information content (AvgIpc) is 2.35. The minimum absolute atomic E-state index is 0.144. The number of hydrogen-bond donors (Lipinski definition) is 2. The van der Waals surface area contributed by atoms with Gasteiger partial charge in [0, 0.05) is 19.0 Å². The van der Waals surface area contributed by atoms with E-state index in [0.29, 0.717) is 17.7 Å². The average molecular weight is 251 g/mol. The lowest BCUT2D eigenvalue weighted by Gasteiger charge is -2.11. The molecule has 1 unspecified atom stereocenters. The molecule has 1 aromatic carbocycles. The van der Waals surface area contributed by atoms with Crippen LogP contribution in [0.4, 0.5) is 5.69 Å². The lowest BCUT2D eigenvalue weighted by atomic mass is 10.0. The zero-order chi connectivity index (χ0) is 13.5. The molecule has 0 spiro atoms. The van der Waals surface area contributed by atoms with Crippen LogP contribution in [0.5, 0.6) is 0 Å². The van der Waals surface area contributed by atoms with Crippen molar-refractivity contribution in [2.45, 2.75) is 25.9 Å². The number of hydrogen-bond acceptors (Lipinski definition) is 4. The Balaban J connectivity index is 2.56. The zero-order valence-corrected chi connectivity index (χ0v) is 10.5. The first-order chi connectivity index (χ1) is 8.52. The standard InChI is InChI=1S/C13H17NO4/c1-9(15)14-11-5-3-10(4-6-11)12(16)7-8-13(17)18-2/h3-6,12,16H,7-8H2,1-2H3,(H,14,15). The fourth-order valence-corrected chi connectivity index (χ4v) is 1.52. The highest BCUT2D eigenvalue weighted by Gasteiger charge is 2.10. The number of ether oxygens (including phenoxy) is 1. The number of rotatable bonds is 5. The monoisotopic (exact) mass is 251 g/mol. The van der Waals surface area contributed by atoms with Crippen molar-refractivity contribution in [1.29, 1.82) is 0 Å². The minimum Gasteiger partial charge on any atom is -0.469 e. The molecule has 1 amide bonds. The Morgan fingerprint density at radius 1 is 1.33 bits per heavy atom. The van der Waals surface area contributed by atoms with E-state index in [4.69, 9.17) is 0 Å². The first kappa shape index (κ1) is 14.2. The summed E-state index contributed by atoms with van der Waals surface area (Å²) in [5.41, 5.74) is 1.37. The lowest BCUT2D eigenvalue weighted by molar-refractivity contribution is -0.141. The number of amides is 1. The second-order valence-electron chi connectivity index (χ2n) is 3.93. The maximum atomic E-state index is 10.9. The van der Waals surface area contributed by atoms with Crippen LogP contribution in [-0.4, -0.2) is 24.1 Å². The molecule has 1 rings (SSSR count). The van der Waals surface area contributed by atoms with E-state index in [-0.39, 0.29) is 18.3 Å². The summed E-state index contributed by atoms with van der Waals surface area (Å²) in [6.45, 7) is 1.43. The third kappa shape index (κ3) is 4.55. The van der Waals surface area contributed by atoms with Crippen LogP contribution in [-0.2, 0) is 14.3 Å². The van der Waals surface area contributed by atoms with Crippen LogP contribution in [0, 0.1) is 0 Å². The van der Waals surface area contributed by atoms with Crippen molar-refractivity contribution in [2.75, 3.05) is 12.4 Å². The summed E-state index contributed by atoms with van der Waals surface area (Å²) in [5, 5.41) is 12.5. The largest absolute Gasteiger partial charge is 0.469 e. The molecule has 5 heteroatoms. The molecule has 0 aliphatic rings. The number of anilines is 1. The molecule has 1 aromatic rings. The van der Waals surface area contributed by atoms with Crippen molar-refractivity contribution in [3.8, 4) is 0 Å². The summed E-state index contributed by atoms with van der Waals surface area (Å²) in [5.74, 6) is -0.488. The molecule has 5 nitrogen and oxygen atoms in total. The third-order valence-electron chi connectivity index (χ3n) is 2.47. The molecule has 0 heterocycles. The van der Waals surface area contributed by atoms with Gasteiger partial charge in [-0.2, -0.15) is 0 Å². The Morgan fingerprint density at radius 2 is 1.94 bits per heavy atom. The topological polar surface area (TPSA) is 75.6 Å². The first-order valence-electron chi connectivity index (χ1n) is 5.65. The maximum absolute atomic E-state index is 10.9. The summed E-state index contributed by atoms with van der Waals surface area (Å²) in [7, 11) is 1.32. The van der Waals surface area contributed by atoms with Gasteiger partial charge in [-0.05, 0) is 24.1 Å². The second kappa shape index (κ2) is 6.76. The van der Waals surface area contributed by atoms with E-state index in [1.165, 1.54) is 14.0 Å². The van der Waals surface area contributed by atoms with Crippen molar-refractivity contribution in [1.82, 2.24) is 0 Å². The van der Waals surface area contributed by atoms with Crippen LogP contribution >= 0.6 is 0 Å². The Morgan fingerprint density at radius 3 is 2.44 bits per heavy atom. The minimum atomic E-state index is -0.713. The number of aliphatic hydroxyl groups excluding tert-OH is 1. The Kier molecular flexibility index (Phi) is 5.32. The lowest BCUT2D eigenvalue weighted by Crippen LogP contribution is -2.07.